The van der Waals surface area contributed by atoms with Crippen LogP contribution in [0.4, 0.5) is 0 Å². The molecule has 0 aliphatic carbocycles. The normalized spacial score (nSPS) is 17.8. The van der Waals surface area contributed by atoms with E-state index in [-0.39, 0.29) is 0 Å². The molecule has 0 spiro atoms. The summed E-state index contributed by atoms with van der Waals surface area (Å²) in [5.41, 5.74) is 0. The van der Waals surface area contributed by atoms with Gasteiger partial charge in [0, 0.05) is 41.4 Å². The van der Waals surface area contributed by atoms with E-state index < -0.39 is 0 Å². The number of likely N-dealkylation sites (tertiary alicyclic amines) is 1. The molecule has 0 aromatic carbocycles. The maximum absolute atomic E-state index is 11.5. The van der Waals surface area contributed by atoms with Gasteiger partial charge >= 0.3 is 0 Å². The lowest BCUT2D eigenvalue weighted by atomic mass is 10.3. The second-order valence-electron chi connectivity index (χ2n) is 4.42. The third-order valence-electron chi connectivity index (χ3n) is 2.97. The first kappa shape index (κ1) is 13.1. The highest BCUT2D eigenvalue weighted by Crippen LogP contribution is 2.22. The van der Waals surface area contributed by atoms with Crippen molar-refractivity contribution in [1.82, 2.24) is 10.2 Å². The van der Waals surface area contributed by atoms with Crippen LogP contribution in [0.1, 0.15) is 24.6 Å². The summed E-state index contributed by atoms with van der Waals surface area (Å²) >= 11 is 5.26. The average molecular weight is 317 g/mol. The molecule has 0 radical (unpaired) electrons. The fourth-order valence-electron chi connectivity index (χ4n) is 2.01. The van der Waals surface area contributed by atoms with Crippen LogP contribution in [0, 0.1) is 0 Å². The van der Waals surface area contributed by atoms with Crippen molar-refractivity contribution in [1.29, 1.82) is 0 Å². The number of hydrogen-bond acceptors (Lipinski definition) is 3. The summed E-state index contributed by atoms with van der Waals surface area (Å²) in [6.07, 6.45) is 1.74. The first-order valence-corrected chi connectivity index (χ1v) is 7.57. The van der Waals surface area contributed by atoms with E-state index in [1.54, 1.807) is 11.3 Å². The summed E-state index contributed by atoms with van der Waals surface area (Å²) in [7, 11) is 0. The number of halogens is 1. The zero-order chi connectivity index (χ0) is 12.3. The molecule has 2 heterocycles. The first-order valence-electron chi connectivity index (χ1n) is 5.90. The van der Waals surface area contributed by atoms with Gasteiger partial charge in [0.2, 0.25) is 5.91 Å². The van der Waals surface area contributed by atoms with Crippen LogP contribution in [0.3, 0.4) is 0 Å². The predicted octanol–water partition coefficient (Wildman–Crippen LogP) is 2.61. The molecule has 0 bridgehead atoms. The number of amides is 1. The second-order valence-corrected chi connectivity index (χ2v) is 6.27. The van der Waals surface area contributed by atoms with Gasteiger partial charge in [-0.25, -0.2) is 0 Å². The van der Waals surface area contributed by atoms with Crippen LogP contribution in [0.5, 0.6) is 0 Å². The van der Waals surface area contributed by atoms with Crippen LogP contribution in [-0.2, 0) is 11.3 Å². The Bertz CT molecular complexity index is 394. The van der Waals surface area contributed by atoms with Gasteiger partial charge in [0.05, 0.1) is 0 Å². The second kappa shape index (κ2) is 5.98. The van der Waals surface area contributed by atoms with Crippen LogP contribution in [0.15, 0.2) is 15.9 Å². The molecule has 1 aromatic heterocycles. The van der Waals surface area contributed by atoms with Crippen molar-refractivity contribution < 1.29 is 4.79 Å². The minimum atomic E-state index is 0.302. The Kier molecular flexibility index (Phi) is 4.59. The molecule has 0 saturated carbocycles. The van der Waals surface area contributed by atoms with E-state index in [0.717, 1.165) is 32.5 Å². The highest BCUT2D eigenvalue weighted by molar-refractivity contribution is 9.10. The molecule has 1 fully saturated rings. The van der Waals surface area contributed by atoms with Crippen molar-refractivity contribution in [3.63, 3.8) is 0 Å². The maximum Gasteiger partial charge on any atom is 0.222 e. The lowest BCUT2D eigenvalue weighted by molar-refractivity contribution is -0.127. The standard InChI is InChI=1S/C12H17BrN2OS/c1-9(8-15-5-2-3-12(15)16)14-7-11-10(13)4-6-17-11/h4,6,9,14H,2-3,5,7-8H2,1H3. The number of carbonyl (C=O) groups is 1. The number of rotatable bonds is 5. The van der Waals surface area contributed by atoms with Crippen LogP contribution in [-0.4, -0.2) is 29.9 Å². The fourth-order valence-corrected chi connectivity index (χ4v) is 3.45. The molecule has 1 amide bonds. The van der Waals surface area contributed by atoms with Gasteiger partial charge in [-0.1, -0.05) is 0 Å². The predicted molar refractivity (Wildman–Crippen MR) is 74.1 cm³/mol. The molecule has 1 N–H and O–H groups in total. The summed E-state index contributed by atoms with van der Waals surface area (Å²) in [5.74, 6) is 0.302. The smallest absolute Gasteiger partial charge is 0.222 e. The van der Waals surface area contributed by atoms with Crippen molar-refractivity contribution >= 4 is 33.2 Å². The van der Waals surface area contributed by atoms with Gasteiger partial charge < -0.3 is 10.2 Å². The zero-order valence-corrected chi connectivity index (χ0v) is 12.3. The monoisotopic (exact) mass is 316 g/mol. The maximum atomic E-state index is 11.5. The Labute approximate surface area is 114 Å². The number of thiophene rings is 1. The average Bonchev–Trinajstić information content (AvgIpc) is 2.86. The van der Waals surface area contributed by atoms with Crippen molar-refractivity contribution in [2.24, 2.45) is 0 Å². The molecule has 1 saturated heterocycles. The topological polar surface area (TPSA) is 32.3 Å². The molecule has 3 nitrogen and oxygen atoms in total. The van der Waals surface area contributed by atoms with Gasteiger partial charge in [-0.2, -0.15) is 0 Å². The lowest BCUT2D eigenvalue weighted by Crippen LogP contribution is -2.39. The molecular formula is C12H17BrN2OS. The Hall–Kier alpha value is -0.390. The van der Waals surface area contributed by atoms with Crippen molar-refractivity contribution in [3.05, 3.63) is 20.8 Å². The molecule has 17 heavy (non-hydrogen) atoms. The van der Waals surface area contributed by atoms with Crippen LogP contribution >= 0.6 is 27.3 Å². The Balaban J connectivity index is 1.76. The van der Waals surface area contributed by atoms with Crippen molar-refractivity contribution in [2.45, 2.75) is 32.4 Å². The Morgan fingerprint density at radius 3 is 3.06 bits per heavy atom. The number of carbonyl (C=O) groups excluding carboxylic acids is 1. The van der Waals surface area contributed by atoms with Gasteiger partial charge in [0.25, 0.3) is 0 Å². The molecule has 1 aliphatic rings. The fraction of sp³-hybridized carbons (Fsp3) is 0.583. The van der Waals surface area contributed by atoms with E-state index in [0.29, 0.717) is 11.9 Å². The molecule has 5 heteroatoms. The zero-order valence-electron chi connectivity index (χ0n) is 9.91. The largest absolute Gasteiger partial charge is 0.341 e. The summed E-state index contributed by atoms with van der Waals surface area (Å²) in [6, 6.07) is 2.40. The number of hydrogen-bond donors (Lipinski definition) is 1. The number of nitrogens with zero attached hydrogens (tertiary/aromatic N) is 1. The summed E-state index contributed by atoms with van der Waals surface area (Å²) in [6.45, 7) is 4.74. The van der Waals surface area contributed by atoms with E-state index in [1.807, 2.05) is 4.90 Å². The van der Waals surface area contributed by atoms with Crippen LogP contribution < -0.4 is 5.32 Å². The van der Waals surface area contributed by atoms with Crippen LogP contribution in [0.25, 0.3) is 0 Å². The van der Waals surface area contributed by atoms with Gasteiger partial charge in [0.1, 0.15) is 0 Å². The third-order valence-corrected chi connectivity index (χ3v) is 4.89. The van der Waals surface area contributed by atoms with Crippen molar-refractivity contribution in [2.75, 3.05) is 13.1 Å². The van der Waals surface area contributed by atoms with Gasteiger partial charge in [-0.05, 0) is 40.7 Å². The highest BCUT2D eigenvalue weighted by Gasteiger charge is 2.21. The minimum absolute atomic E-state index is 0.302. The van der Waals surface area contributed by atoms with E-state index in [9.17, 15) is 4.79 Å². The van der Waals surface area contributed by atoms with E-state index in [1.165, 1.54) is 9.35 Å². The Morgan fingerprint density at radius 1 is 1.65 bits per heavy atom. The SMILES string of the molecule is CC(CN1CCCC1=O)NCc1sccc1Br. The minimum Gasteiger partial charge on any atom is -0.341 e. The van der Waals surface area contributed by atoms with E-state index in [2.05, 4.69) is 39.6 Å². The molecule has 1 unspecified atom stereocenters. The van der Waals surface area contributed by atoms with Crippen LogP contribution in [0.2, 0.25) is 0 Å². The summed E-state index contributed by atoms with van der Waals surface area (Å²) in [5, 5.41) is 5.54. The highest BCUT2D eigenvalue weighted by atomic mass is 79.9. The van der Waals surface area contributed by atoms with Gasteiger partial charge in [-0.15, -0.1) is 11.3 Å². The third kappa shape index (κ3) is 3.53. The lowest BCUT2D eigenvalue weighted by Gasteiger charge is -2.21. The molecular weight excluding hydrogens is 300 g/mol. The van der Waals surface area contributed by atoms with Gasteiger partial charge in [0.15, 0.2) is 0 Å². The van der Waals surface area contributed by atoms with E-state index >= 15 is 0 Å². The van der Waals surface area contributed by atoms with Gasteiger partial charge in [-0.3, -0.25) is 4.79 Å². The molecule has 2 rings (SSSR count). The van der Waals surface area contributed by atoms with E-state index in [4.69, 9.17) is 0 Å². The molecule has 1 aromatic rings. The molecule has 94 valence electrons. The Morgan fingerprint density at radius 2 is 2.47 bits per heavy atom. The quantitative estimate of drug-likeness (QED) is 0.905. The summed E-state index contributed by atoms with van der Waals surface area (Å²) < 4.78 is 1.17. The van der Waals surface area contributed by atoms with Crippen molar-refractivity contribution in [3.8, 4) is 0 Å². The molecule has 1 aliphatic heterocycles. The molecule has 1 atom stereocenters. The number of nitrogens with one attached hydrogen (secondary N) is 1. The summed E-state index contributed by atoms with van der Waals surface area (Å²) in [4.78, 5) is 14.8. The first-order chi connectivity index (χ1) is 8.16.